The second kappa shape index (κ2) is 17.6. The van der Waals surface area contributed by atoms with E-state index in [0.717, 1.165) is 12.8 Å². The van der Waals surface area contributed by atoms with Crippen LogP contribution in [0.3, 0.4) is 0 Å². The van der Waals surface area contributed by atoms with Crippen molar-refractivity contribution in [1.29, 1.82) is 10.5 Å². The van der Waals surface area contributed by atoms with Gasteiger partial charge in [0.1, 0.15) is 24.3 Å². The van der Waals surface area contributed by atoms with Gasteiger partial charge >= 0.3 is 21.3 Å². The Morgan fingerprint density at radius 3 is 2.15 bits per heavy atom. The summed E-state index contributed by atoms with van der Waals surface area (Å²) in [5.41, 5.74) is 4.91. The predicted molar refractivity (Wildman–Crippen MR) is 142 cm³/mol. The summed E-state index contributed by atoms with van der Waals surface area (Å²) in [4.78, 5) is 16.2. The minimum atomic E-state index is -4.19. The van der Waals surface area contributed by atoms with Gasteiger partial charge in [0.05, 0.1) is 58.0 Å². The lowest BCUT2D eigenvalue weighted by molar-refractivity contribution is -0.0496. The molecule has 0 saturated carbocycles. The highest BCUT2D eigenvalue weighted by atomic mass is 31.2. The first-order valence-electron chi connectivity index (χ1n) is 13.0. The van der Waals surface area contributed by atoms with Gasteiger partial charge in [0.25, 0.3) is 0 Å². The normalized spacial score (nSPS) is 21.8. The minimum Gasteiger partial charge on any atom is -0.383 e. The molecule has 2 N–H and O–H groups in total. The van der Waals surface area contributed by atoms with Gasteiger partial charge in [-0.3, -0.25) is 31.7 Å². The summed E-state index contributed by atoms with van der Waals surface area (Å²) in [6, 6.07) is 5.19. The van der Waals surface area contributed by atoms with E-state index >= 15 is 0 Å². The summed E-state index contributed by atoms with van der Waals surface area (Å²) in [5, 5.41) is 17.7. The molecule has 0 amide bonds. The smallest absolute Gasteiger partial charge is 0.383 e. The van der Waals surface area contributed by atoms with Crippen LogP contribution in [0.1, 0.15) is 65.0 Å². The van der Waals surface area contributed by atoms with Crippen molar-refractivity contribution in [3.05, 3.63) is 22.7 Å². The molecule has 1 aromatic heterocycles. The molecular weight excluding hydrogens is 568 g/mol. The molecule has 17 heteroatoms. The van der Waals surface area contributed by atoms with Gasteiger partial charge in [-0.25, -0.2) is 13.9 Å². The zero-order valence-electron chi connectivity index (χ0n) is 22.7. The maximum Gasteiger partial charge on any atom is 0.475 e. The second-order valence-electron chi connectivity index (χ2n) is 8.60. The Kier molecular flexibility index (Phi) is 15.0. The van der Waals surface area contributed by atoms with Crippen molar-refractivity contribution >= 4 is 21.5 Å². The molecule has 1 saturated heterocycles. The molecule has 1 aromatic rings. The van der Waals surface area contributed by atoms with Gasteiger partial charge in [0, 0.05) is 12.6 Å². The van der Waals surface area contributed by atoms with E-state index in [-0.39, 0.29) is 51.5 Å². The zero-order chi connectivity index (χ0) is 29.4. The molecule has 2 heterocycles. The van der Waals surface area contributed by atoms with Gasteiger partial charge in [-0.15, -0.1) is 0 Å². The van der Waals surface area contributed by atoms with E-state index < -0.39 is 46.4 Å². The van der Waals surface area contributed by atoms with Crippen LogP contribution in [-0.4, -0.2) is 54.8 Å². The van der Waals surface area contributed by atoms with Crippen molar-refractivity contribution < 1.29 is 41.0 Å². The molecule has 0 radical (unpaired) electrons. The van der Waals surface area contributed by atoms with E-state index in [9.17, 15) is 13.9 Å². The summed E-state index contributed by atoms with van der Waals surface area (Å²) >= 11 is 0. The van der Waals surface area contributed by atoms with Crippen molar-refractivity contribution in [1.82, 2.24) is 9.55 Å². The van der Waals surface area contributed by atoms with Crippen LogP contribution in [0.2, 0.25) is 0 Å². The summed E-state index contributed by atoms with van der Waals surface area (Å²) in [6.45, 7) is 3.21. The highest BCUT2D eigenvalue weighted by Crippen LogP contribution is 2.54. The number of nitrogens with two attached hydrogens (primary N) is 1. The topological polar surface area (TPSA) is 207 Å². The number of nitriles is 2. The molecule has 40 heavy (non-hydrogen) atoms. The van der Waals surface area contributed by atoms with Gasteiger partial charge in [-0.2, -0.15) is 15.5 Å². The molecule has 0 aliphatic carbocycles. The van der Waals surface area contributed by atoms with E-state index in [2.05, 4.69) is 4.98 Å². The molecule has 1 fully saturated rings. The molecule has 0 spiro atoms. The van der Waals surface area contributed by atoms with Gasteiger partial charge in [0.2, 0.25) is 0 Å². The van der Waals surface area contributed by atoms with Crippen LogP contribution >= 0.6 is 15.6 Å². The van der Waals surface area contributed by atoms with Crippen LogP contribution in [0.5, 0.6) is 0 Å². The number of anilines is 1. The van der Waals surface area contributed by atoms with E-state index in [1.54, 1.807) is 0 Å². The fourth-order valence-electron chi connectivity index (χ4n) is 3.37. The SMILES string of the molecule is CCCCOP(=O)(OCCC#N)OCC1O[C@@H](n2ccc(N)nc2=O)C[C@@H]1OP(=O)(OCCC#N)OCCCC. The summed E-state index contributed by atoms with van der Waals surface area (Å²) in [6.07, 6.45) is 0.966. The number of aromatic nitrogens is 2. The van der Waals surface area contributed by atoms with E-state index in [1.807, 2.05) is 26.0 Å². The molecule has 1 aliphatic heterocycles. The van der Waals surface area contributed by atoms with Crippen LogP contribution in [0.25, 0.3) is 0 Å². The number of ether oxygens (including phenoxy) is 1. The Morgan fingerprint density at radius 2 is 1.57 bits per heavy atom. The number of nitrogen functional groups attached to an aromatic ring is 1. The number of rotatable bonds is 20. The molecular formula is C23H37N5O10P2. The van der Waals surface area contributed by atoms with Crippen molar-refractivity contribution in [2.45, 2.75) is 77.2 Å². The second-order valence-corrected chi connectivity index (χ2v) is 11.9. The fraction of sp³-hybridized carbons (Fsp3) is 0.739. The molecule has 0 aromatic carbocycles. The maximum atomic E-state index is 13.5. The first kappa shape index (κ1) is 34.0. The zero-order valence-corrected chi connectivity index (χ0v) is 24.5. The largest absolute Gasteiger partial charge is 0.475 e. The minimum absolute atomic E-state index is 0.0153. The Labute approximate surface area is 233 Å². The Bertz CT molecular complexity index is 1150. The van der Waals surface area contributed by atoms with E-state index in [1.165, 1.54) is 16.8 Å². The van der Waals surface area contributed by atoms with Gasteiger partial charge < -0.3 is 10.5 Å². The third-order valence-corrected chi connectivity index (χ3v) is 8.41. The Morgan fingerprint density at radius 1 is 1.00 bits per heavy atom. The fourth-order valence-corrected chi connectivity index (χ4v) is 6.00. The molecule has 1 aliphatic rings. The average Bonchev–Trinajstić information content (AvgIpc) is 3.30. The standard InChI is InChI=1S/C23H37N5O10P2/c1-3-5-13-32-39(30,33-15-7-10-24)36-18-20-19(17-22(37-20)28-12-9-21(26)27-23(28)29)38-40(31,34-14-6-4-2)35-16-8-11-25/h9,12,19-20,22H,3-8,13-18H2,1-2H3,(H2,26,27,29)/t19-,20?,22+,39?,40?/m0/s1. The molecule has 0 bridgehead atoms. The monoisotopic (exact) mass is 605 g/mol. The lowest BCUT2D eigenvalue weighted by atomic mass is 10.2. The van der Waals surface area contributed by atoms with Gasteiger partial charge in [0.15, 0.2) is 0 Å². The highest BCUT2D eigenvalue weighted by molar-refractivity contribution is 7.48. The molecule has 5 atom stereocenters. The number of hydrogen-bond donors (Lipinski definition) is 1. The molecule has 224 valence electrons. The lowest BCUT2D eigenvalue weighted by Crippen LogP contribution is -2.29. The summed E-state index contributed by atoms with van der Waals surface area (Å²) < 4.78 is 66.6. The van der Waals surface area contributed by atoms with Crippen LogP contribution in [-0.2, 0) is 41.0 Å². The van der Waals surface area contributed by atoms with Crippen LogP contribution in [0.15, 0.2) is 17.1 Å². The van der Waals surface area contributed by atoms with Crippen molar-refractivity contribution in [2.75, 3.05) is 38.8 Å². The van der Waals surface area contributed by atoms with Gasteiger partial charge in [-0.1, -0.05) is 26.7 Å². The first-order chi connectivity index (χ1) is 19.2. The van der Waals surface area contributed by atoms with Crippen LogP contribution in [0.4, 0.5) is 5.82 Å². The first-order valence-corrected chi connectivity index (χ1v) is 16.0. The number of unbranched alkanes of at least 4 members (excludes halogenated alkanes) is 2. The highest BCUT2D eigenvalue weighted by Gasteiger charge is 2.44. The molecule has 15 nitrogen and oxygen atoms in total. The number of nitrogens with zero attached hydrogens (tertiary/aromatic N) is 4. The summed E-state index contributed by atoms with van der Waals surface area (Å²) in [5.74, 6) is 0.0198. The Balaban J connectivity index is 2.28. The Hall–Kier alpha value is -2.16. The lowest BCUT2D eigenvalue weighted by Gasteiger charge is -2.25. The van der Waals surface area contributed by atoms with Crippen LogP contribution < -0.4 is 11.4 Å². The van der Waals surface area contributed by atoms with Gasteiger partial charge in [-0.05, 0) is 18.9 Å². The average molecular weight is 606 g/mol. The molecule has 2 rings (SSSR count). The molecule has 3 unspecified atom stereocenters. The van der Waals surface area contributed by atoms with Crippen LogP contribution in [0, 0.1) is 22.7 Å². The number of phosphoric ester groups is 2. The third-order valence-electron chi connectivity index (χ3n) is 5.42. The number of phosphoric acid groups is 2. The van der Waals surface area contributed by atoms with Crippen molar-refractivity contribution in [3.8, 4) is 12.1 Å². The summed E-state index contributed by atoms with van der Waals surface area (Å²) in [7, 11) is -8.30. The maximum absolute atomic E-state index is 13.5. The van der Waals surface area contributed by atoms with E-state index in [4.69, 9.17) is 48.1 Å². The number of hydrogen-bond acceptors (Lipinski definition) is 14. The van der Waals surface area contributed by atoms with Crippen molar-refractivity contribution in [2.24, 2.45) is 0 Å². The van der Waals surface area contributed by atoms with Crippen molar-refractivity contribution in [3.63, 3.8) is 0 Å². The predicted octanol–water partition coefficient (Wildman–Crippen LogP) is 4.22. The quantitative estimate of drug-likeness (QED) is 0.163. The third kappa shape index (κ3) is 11.4. The van der Waals surface area contributed by atoms with E-state index in [0.29, 0.717) is 12.8 Å².